The van der Waals surface area contributed by atoms with Gasteiger partial charge in [0.15, 0.2) is 14.5 Å². The van der Waals surface area contributed by atoms with Crippen molar-refractivity contribution in [2.45, 2.75) is 63.4 Å². The van der Waals surface area contributed by atoms with E-state index < -0.39 is 44.1 Å². The summed E-state index contributed by atoms with van der Waals surface area (Å²) in [6, 6.07) is 1.23. The van der Waals surface area contributed by atoms with E-state index in [0.29, 0.717) is 6.61 Å². The summed E-state index contributed by atoms with van der Waals surface area (Å²) in [6.45, 7) is 11.4. The van der Waals surface area contributed by atoms with Crippen LogP contribution in [0.4, 0.5) is 0 Å². The molecule has 1 fully saturated rings. The molecular weight excluding hydrogens is 400 g/mol. The number of ether oxygens (including phenoxy) is 2. The van der Waals surface area contributed by atoms with Gasteiger partial charge in [-0.15, -0.1) is 0 Å². The maximum absolute atomic E-state index is 12.2. The van der Waals surface area contributed by atoms with Crippen molar-refractivity contribution in [3.8, 4) is 0 Å². The lowest BCUT2D eigenvalue weighted by molar-refractivity contribution is -0.0659. The van der Waals surface area contributed by atoms with Crippen LogP contribution in [0, 0.1) is 0 Å². The highest BCUT2D eigenvalue weighted by atomic mass is 32.2. The smallest absolute Gasteiger partial charge is 0.330 e. The molecule has 0 spiro atoms. The molecule has 2 heterocycles. The monoisotopic (exact) mass is 432 g/mol. The normalized spacial score (nSPS) is 26.0. The molecule has 1 aromatic heterocycles. The van der Waals surface area contributed by atoms with Gasteiger partial charge in [0.1, 0.15) is 18.3 Å². The van der Waals surface area contributed by atoms with Crippen LogP contribution < -0.4 is 11.2 Å². The van der Waals surface area contributed by atoms with Crippen LogP contribution in [0.25, 0.3) is 0 Å². The molecule has 0 radical (unpaired) electrons. The van der Waals surface area contributed by atoms with Crippen molar-refractivity contribution in [2.75, 3.05) is 25.2 Å². The Balaban J connectivity index is 2.27. The van der Waals surface area contributed by atoms with E-state index in [4.69, 9.17) is 13.9 Å². The van der Waals surface area contributed by atoms with Gasteiger partial charge in [-0.2, -0.15) is 11.8 Å². The Hall–Kier alpha value is -0.913. The maximum Gasteiger partial charge on any atom is 0.330 e. The summed E-state index contributed by atoms with van der Waals surface area (Å²) in [5, 5.41) is 10.9. The van der Waals surface area contributed by atoms with Crippen molar-refractivity contribution in [3.63, 3.8) is 0 Å². The third-order valence-electron chi connectivity index (χ3n) is 5.39. The Kier molecular flexibility index (Phi) is 7.74. The third kappa shape index (κ3) is 5.36. The molecule has 0 saturated carbocycles. The fourth-order valence-corrected chi connectivity index (χ4v) is 4.33. The topological polar surface area (TPSA) is 103 Å². The van der Waals surface area contributed by atoms with E-state index in [-0.39, 0.29) is 11.6 Å². The van der Waals surface area contributed by atoms with E-state index in [9.17, 15) is 14.7 Å². The first-order valence-electron chi connectivity index (χ1n) is 9.37. The summed E-state index contributed by atoms with van der Waals surface area (Å²) in [6.07, 6.45) is 0.172. The standard InChI is InChI=1S/C18H32N2O6SSi/c1-18(2,3)28(5,6)26-15-12(11-24-9-10-27-4)25-16(14(15)22)20-8-7-13(21)19-17(20)23/h7-8,12,14-16,22H,9-11H2,1-6H3,(H,19,21,23)/t12-,14+,15?,16-/m1/s1. The van der Waals surface area contributed by atoms with Crippen LogP contribution in [0.2, 0.25) is 18.1 Å². The molecule has 28 heavy (non-hydrogen) atoms. The van der Waals surface area contributed by atoms with Crippen molar-refractivity contribution < 1.29 is 19.0 Å². The van der Waals surface area contributed by atoms with Crippen molar-refractivity contribution in [1.82, 2.24) is 9.55 Å². The Morgan fingerprint density at radius 3 is 2.61 bits per heavy atom. The summed E-state index contributed by atoms with van der Waals surface area (Å²) in [5.74, 6) is 0.853. The summed E-state index contributed by atoms with van der Waals surface area (Å²) >= 11 is 1.68. The highest BCUT2D eigenvalue weighted by Crippen LogP contribution is 2.41. The first-order valence-corrected chi connectivity index (χ1v) is 13.7. The summed E-state index contributed by atoms with van der Waals surface area (Å²) < 4.78 is 19.3. The van der Waals surface area contributed by atoms with Crippen LogP contribution in [0.1, 0.15) is 27.0 Å². The first-order chi connectivity index (χ1) is 13.0. The van der Waals surface area contributed by atoms with E-state index in [1.54, 1.807) is 11.8 Å². The van der Waals surface area contributed by atoms with Gasteiger partial charge >= 0.3 is 5.69 Å². The average molecular weight is 433 g/mol. The van der Waals surface area contributed by atoms with Crippen LogP contribution in [0.15, 0.2) is 21.9 Å². The van der Waals surface area contributed by atoms with Gasteiger partial charge in [-0.1, -0.05) is 20.8 Å². The van der Waals surface area contributed by atoms with Gasteiger partial charge in [0.2, 0.25) is 0 Å². The van der Waals surface area contributed by atoms with Crippen LogP contribution in [0.3, 0.4) is 0 Å². The molecule has 0 amide bonds. The molecule has 2 rings (SSSR count). The molecule has 1 saturated heterocycles. The number of H-pyrrole nitrogens is 1. The van der Waals surface area contributed by atoms with E-state index in [1.165, 1.54) is 16.8 Å². The largest absolute Gasteiger partial charge is 0.408 e. The fraction of sp³-hybridized carbons (Fsp3) is 0.778. The van der Waals surface area contributed by atoms with Crippen LogP contribution in [-0.2, 0) is 13.9 Å². The average Bonchev–Trinajstić information content (AvgIpc) is 2.87. The number of aliphatic hydroxyl groups is 1. The van der Waals surface area contributed by atoms with E-state index in [1.807, 2.05) is 6.26 Å². The van der Waals surface area contributed by atoms with Gasteiger partial charge in [-0.25, -0.2) is 4.79 Å². The zero-order valence-electron chi connectivity index (χ0n) is 17.4. The molecule has 1 aromatic rings. The summed E-state index contributed by atoms with van der Waals surface area (Å²) in [5.41, 5.74) is -1.13. The molecule has 8 nitrogen and oxygen atoms in total. The summed E-state index contributed by atoms with van der Waals surface area (Å²) in [4.78, 5) is 25.7. The number of hydrogen-bond donors (Lipinski definition) is 2. The highest BCUT2D eigenvalue weighted by Gasteiger charge is 2.50. The first kappa shape index (κ1) is 23.4. The van der Waals surface area contributed by atoms with Gasteiger partial charge in [0.25, 0.3) is 5.56 Å². The quantitative estimate of drug-likeness (QED) is 0.475. The lowest BCUT2D eigenvalue weighted by Gasteiger charge is -2.40. The number of aromatic amines is 1. The molecule has 0 aromatic carbocycles. The molecule has 2 N–H and O–H groups in total. The van der Waals surface area contributed by atoms with Gasteiger partial charge < -0.3 is 19.0 Å². The van der Waals surface area contributed by atoms with E-state index in [0.717, 1.165) is 5.75 Å². The number of aromatic nitrogens is 2. The minimum atomic E-state index is -2.21. The zero-order chi connectivity index (χ0) is 21.1. The van der Waals surface area contributed by atoms with Crippen molar-refractivity contribution in [3.05, 3.63) is 33.1 Å². The number of hydrogen-bond acceptors (Lipinski definition) is 7. The maximum atomic E-state index is 12.2. The van der Waals surface area contributed by atoms with E-state index in [2.05, 4.69) is 38.8 Å². The Labute approximate surface area is 170 Å². The van der Waals surface area contributed by atoms with Gasteiger partial charge in [-0.3, -0.25) is 14.3 Å². The molecule has 0 bridgehead atoms. The molecule has 4 atom stereocenters. The predicted molar refractivity (Wildman–Crippen MR) is 113 cm³/mol. The molecule has 1 aliphatic rings. The Bertz CT molecular complexity index is 759. The number of thioether (sulfide) groups is 1. The predicted octanol–water partition coefficient (Wildman–Crippen LogP) is 1.56. The van der Waals surface area contributed by atoms with Crippen molar-refractivity contribution >= 4 is 20.1 Å². The van der Waals surface area contributed by atoms with Crippen LogP contribution in [0.5, 0.6) is 0 Å². The molecule has 160 valence electrons. The number of rotatable bonds is 8. The zero-order valence-corrected chi connectivity index (χ0v) is 19.2. The molecule has 10 heteroatoms. The second-order valence-corrected chi connectivity index (χ2v) is 14.2. The second kappa shape index (κ2) is 9.27. The molecular formula is C18H32N2O6SSi. The van der Waals surface area contributed by atoms with Crippen molar-refractivity contribution in [1.29, 1.82) is 0 Å². The minimum Gasteiger partial charge on any atom is -0.408 e. The van der Waals surface area contributed by atoms with Gasteiger partial charge in [0, 0.05) is 18.0 Å². The van der Waals surface area contributed by atoms with Gasteiger partial charge in [-0.05, 0) is 24.4 Å². The van der Waals surface area contributed by atoms with Crippen LogP contribution in [-0.4, -0.2) is 66.5 Å². The molecule has 1 aliphatic heterocycles. The van der Waals surface area contributed by atoms with Crippen molar-refractivity contribution in [2.24, 2.45) is 0 Å². The highest BCUT2D eigenvalue weighted by molar-refractivity contribution is 7.98. The number of nitrogens with one attached hydrogen (secondary N) is 1. The SMILES string of the molecule is CSCCOC[C@H]1O[C@@H](n2ccc(=O)[nH]c2=O)[C@@H](O)C1O[Si](C)(C)C(C)(C)C. The van der Waals surface area contributed by atoms with E-state index >= 15 is 0 Å². The second-order valence-electron chi connectivity index (χ2n) is 8.48. The third-order valence-corrected chi connectivity index (χ3v) is 10.4. The van der Waals surface area contributed by atoms with Gasteiger partial charge in [0.05, 0.1) is 13.2 Å². The fourth-order valence-electron chi connectivity index (χ4n) is 2.72. The minimum absolute atomic E-state index is 0.0517. The Morgan fingerprint density at radius 2 is 2.04 bits per heavy atom. The van der Waals surface area contributed by atoms with Crippen LogP contribution >= 0.6 is 11.8 Å². The number of aliphatic hydroxyl groups excluding tert-OH is 1. The molecule has 1 unspecified atom stereocenters. The summed E-state index contributed by atoms with van der Waals surface area (Å²) in [7, 11) is -2.21. The number of nitrogens with zero attached hydrogens (tertiary/aromatic N) is 1. The Morgan fingerprint density at radius 1 is 1.36 bits per heavy atom. The lowest BCUT2D eigenvalue weighted by atomic mass is 10.1. The molecule has 0 aliphatic carbocycles. The lowest BCUT2D eigenvalue weighted by Crippen LogP contribution is -2.50.